The van der Waals surface area contributed by atoms with E-state index < -0.39 is 15.7 Å². The predicted octanol–water partition coefficient (Wildman–Crippen LogP) is 5.68. The number of aromatic nitrogens is 1. The zero-order valence-corrected chi connectivity index (χ0v) is 18.5. The molecule has 0 aliphatic heterocycles. The smallest absolute Gasteiger partial charge is 0.238 e. The minimum Gasteiger partial charge on any atom is -0.497 e. The molecule has 1 N–H and O–H groups in total. The van der Waals surface area contributed by atoms with Gasteiger partial charge in [0.1, 0.15) is 11.6 Å². The number of anilines is 2. The first-order chi connectivity index (χ1) is 15.3. The normalized spacial score (nSPS) is 11.4. The number of benzene rings is 3. The van der Waals surface area contributed by atoms with E-state index in [0.717, 1.165) is 23.3 Å². The Balaban J connectivity index is 1.84. The average molecular weight is 453 g/mol. The third kappa shape index (κ3) is 4.36. The minimum absolute atomic E-state index is 0.0230. The van der Waals surface area contributed by atoms with Gasteiger partial charge in [-0.2, -0.15) is 4.98 Å². The topological polar surface area (TPSA) is 81.4 Å². The number of halogens is 1. The highest BCUT2D eigenvalue weighted by Gasteiger charge is 2.29. The molecule has 1 aromatic heterocycles. The molecule has 0 saturated carbocycles. The second-order valence-electron chi connectivity index (χ2n) is 7.34. The van der Waals surface area contributed by atoms with Crippen LogP contribution in [0, 0.1) is 19.7 Å². The Labute approximate surface area is 185 Å². The lowest BCUT2D eigenvalue weighted by atomic mass is 10.1. The van der Waals surface area contributed by atoms with Crippen molar-refractivity contribution in [2.24, 2.45) is 0 Å². The number of hydrogen-bond acceptors (Lipinski definition) is 6. The molecule has 8 heteroatoms. The standard InChI is InChI=1S/C24H21FN2O4S/c1-15-12-16(2)14-19(13-15)26-23-24(32(28,29)21-10-6-18(25)7-11-21)27-22(31-23)17-4-8-20(30-3)9-5-17/h4-14,26H,1-3H3. The molecule has 164 valence electrons. The van der Waals surface area contributed by atoms with Crippen molar-refractivity contribution in [2.75, 3.05) is 12.4 Å². The summed E-state index contributed by atoms with van der Waals surface area (Å²) in [5.74, 6) is 0.218. The molecule has 6 nitrogen and oxygen atoms in total. The van der Waals surface area contributed by atoms with Gasteiger partial charge < -0.3 is 14.5 Å². The van der Waals surface area contributed by atoms with Crippen molar-refractivity contribution in [1.29, 1.82) is 0 Å². The van der Waals surface area contributed by atoms with Crippen molar-refractivity contribution in [3.63, 3.8) is 0 Å². The van der Waals surface area contributed by atoms with E-state index in [1.807, 2.05) is 32.0 Å². The second-order valence-corrected chi connectivity index (χ2v) is 9.21. The van der Waals surface area contributed by atoms with Crippen LogP contribution in [0.1, 0.15) is 11.1 Å². The number of aryl methyl sites for hydroxylation is 2. The van der Waals surface area contributed by atoms with E-state index in [1.54, 1.807) is 31.4 Å². The Bertz CT molecular complexity index is 1340. The van der Waals surface area contributed by atoms with E-state index in [0.29, 0.717) is 17.0 Å². The summed E-state index contributed by atoms with van der Waals surface area (Å²) < 4.78 is 51.1. The lowest BCUT2D eigenvalue weighted by Gasteiger charge is -2.08. The molecular formula is C24H21FN2O4S. The Morgan fingerprint density at radius 3 is 2.16 bits per heavy atom. The maximum atomic E-state index is 13.4. The minimum atomic E-state index is -4.09. The van der Waals surface area contributed by atoms with Gasteiger partial charge in [0.2, 0.25) is 26.6 Å². The maximum Gasteiger partial charge on any atom is 0.238 e. The Hall–Kier alpha value is -3.65. The number of rotatable bonds is 6. The number of oxazole rings is 1. The van der Waals surface area contributed by atoms with Gasteiger partial charge in [0, 0.05) is 11.3 Å². The molecule has 4 rings (SSSR count). The van der Waals surface area contributed by atoms with Crippen molar-refractivity contribution in [2.45, 2.75) is 23.8 Å². The zero-order chi connectivity index (χ0) is 22.9. The van der Waals surface area contributed by atoms with Crippen molar-refractivity contribution in [3.05, 3.63) is 83.7 Å². The van der Waals surface area contributed by atoms with Crippen molar-refractivity contribution < 1.29 is 22.0 Å². The fourth-order valence-corrected chi connectivity index (χ4v) is 4.59. The van der Waals surface area contributed by atoms with Crippen LogP contribution in [-0.2, 0) is 9.84 Å². The summed E-state index contributed by atoms with van der Waals surface area (Å²) in [6.07, 6.45) is 0. The molecule has 0 aliphatic rings. The van der Waals surface area contributed by atoms with Gasteiger partial charge in [-0.25, -0.2) is 12.8 Å². The Morgan fingerprint density at radius 1 is 0.938 bits per heavy atom. The number of sulfone groups is 1. The van der Waals surface area contributed by atoms with Gasteiger partial charge in [-0.3, -0.25) is 0 Å². The first kappa shape index (κ1) is 21.6. The van der Waals surface area contributed by atoms with E-state index in [2.05, 4.69) is 10.3 Å². The van der Waals surface area contributed by atoms with Gasteiger partial charge in [-0.15, -0.1) is 0 Å². The number of nitrogens with zero attached hydrogens (tertiary/aromatic N) is 1. The highest BCUT2D eigenvalue weighted by Crippen LogP contribution is 2.35. The van der Waals surface area contributed by atoms with Crippen LogP contribution in [0.25, 0.3) is 11.5 Å². The Kier molecular flexibility index (Phi) is 5.71. The average Bonchev–Trinajstić information content (AvgIpc) is 3.18. The molecule has 0 bridgehead atoms. The SMILES string of the molecule is COc1ccc(-c2nc(S(=O)(=O)c3ccc(F)cc3)c(Nc3cc(C)cc(C)c3)o2)cc1. The van der Waals surface area contributed by atoms with Gasteiger partial charge in [0.25, 0.3) is 0 Å². The fraction of sp³-hybridized carbons (Fsp3) is 0.125. The molecule has 0 spiro atoms. The molecule has 32 heavy (non-hydrogen) atoms. The summed E-state index contributed by atoms with van der Waals surface area (Å²) in [6, 6.07) is 17.2. The van der Waals surface area contributed by atoms with Crippen LogP contribution in [-0.4, -0.2) is 20.5 Å². The summed E-state index contributed by atoms with van der Waals surface area (Å²) in [6.45, 7) is 3.88. The van der Waals surface area contributed by atoms with Gasteiger partial charge in [-0.1, -0.05) is 6.07 Å². The zero-order valence-electron chi connectivity index (χ0n) is 17.7. The van der Waals surface area contributed by atoms with Crippen LogP contribution in [0.5, 0.6) is 5.75 Å². The van der Waals surface area contributed by atoms with Gasteiger partial charge in [0.15, 0.2) is 0 Å². The molecule has 0 amide bonds. The summed E-state index contributed by atoms with van der Waals surface area (Å²) >= 11 is 0. The summed E-state index contributed by atoms with van der Waals surface area (Å²) in [5.41, 5.74) is 3.25. The van der Waals surface area contributed by atoms with Crippen LogP contribution < -0.4 is 10.1 Å². The Morgan fingerprint density at radius 2 is 1.56 bits per heavy atom. The first-order valence-electron chi connectivity index (χ1n) is 9.77. The highest BCUT2D eigenvalue weighted by molar-refractivity contribution is 7.91. The van der Waals surface area contributed by atoms with Crippen molar-refractivity contribution in [3.8, 4) is 17.2 Å². The molecule has 0 radical (unpaired) electrons. The molecule has 1 heterocycles. The molecular weight excluding hydrogens is 431 g/mol. The van der Waals surface area contributed by atoms with E-state index >= 15 is 0 Å². The highest BCUT2D eigenvalue weighted by atomic mass is 32.2. The number of hydrogen-bond donors (Lipinski definition) is 1. The number of nitrogens with one attached hydrogen (secondary N) is 1. The maximum absolute atomic E-state index is 13.4. The lowest BCUT2D eigenvalue weighted by Crippen LogP contribution is -2.05. The summed E-state index contributed by atoms with van der Waals surface area (Å²) in [7, 11) is -2.53. The van der Waals surface area contributed by atoms with Crippen molar-refractivity contribution >= 4 is 21.4 Å². The van der Waals surface area contributed by atoms with E-state index in [4.69, 9.17) is 9.15 Å². The molecule has 0 atom stereocenters. The first-order valence-corrected chi connectivity index (χ1v) is 11.3. The van der Waals surface area contributed by atoms with E-state index in [1.165, 1.54) is 12.1 Å². The van der Waals surface area contributed by atoms with Gasteiger partial charge in [-0.05, 0) is 85.6 Å². The summed E-state index contributed by atoms with van der Waals surface area (Å²) in [5, 5.41) is 2.76. The van der Waals surface area contributed by atoms with Gasteiger partial charge >= 0.3 is 0 Å². The van der Waals surface area contributed by atoms with Crippen LogP contribution >= 0.6 is 0 Å². The monoisotopic (exact) mass is 452 g/mol. The molecule has 0 unspecified atom stereocenters. The molecule has 3 aromatic carbocycles. The molecule has 0 fully saturated rings. The predicted molar refractivity (Wildman–Crippen MR) is 120 cm³/mol. The fourth-order valence-electron chi connectivity index (χ4n) is 3.33. The largest absolute Gasteiger partial charge is 0.497 e. The quantitative estimate of drug-likeness (QED) is 0.379. The molecule has 0 aliphatic carbocycles. The van der Waals surface area contributed by atoms with E-state index in [9.17, 15) is 12.8 Å². The number of methoxy groups -OCH3 is 1. The lowest BCUT2D eigenvalue weighted by molar-refractivity contribution is 0.415. The second kappa shape index (κ2) is 8.47. The van der Waals surface area contributed by atoms with Gasteiger partial charge in [0.05, 0.1) is 12.0 Å². The summed E-state index contributed by atoms with van der Waals surface area (Å²) in [4.78, 5) is 4.21. The van der Waals surface area contributed by atoms with Crippen LogP contribution in [0.15, 0.2) is 81.1 Å². The number of ether oxygens (including phenoxy) is 1. The third-order valence-corrected chi connectivity index (χ3v) is 6.47. The van der Waals surface area contributed by atoms with Crippen LogP contribution in [0.2, 0.25) is 0 Å². The van der Waals surface area contributed by atoms with Crippen LogP contribution in [0.4, 0.5) is 16.0 Å². The molecule has 4 aromatic rings. The third-order valence-electron chi connectivity index (χ3n) is 4.79. The van der Waals surface area contributed by atoms with E-state index in [-0.39, 0.29) is 21.7 Å². The van der Waals surface area contributed by atoms with Crippen LogP contribution in [0.3, 0.4) is 0 Å². The van der Waals surface area contributed by atoms with Crippen molar-refractivity contribution in [1.82, 2.24) is 4.98 Å². The molecule has 0 saturated heterocycles.